The van der Waals surface area contributed by atoms with Crippen molar-refractivity contribution in [3.63, 3.8) is 0 Å². The molecule has 0 fully saturated rings. The fraction of sp³-hybridized carbons (Fsp3) is 0.444. The zero-order chi connectivity index (χ0) is 9.84. The molecule has 13 heavy (non-hydrogen) atoms. The van der Waals surface area contributed by atoms with Gasteiger partial charge in [0, 0.05) is 13.3 Å². The van der Waals surface area contributed by atoms with E-state index in [1.807, 2.05) is 6.92 Å². The minimum absolute atomic E-state index is 0.0148. The minimum atomic E-state index is -0.160. The fourth-order valence-corrected chi connectivity index (χ4v) is 1.20. The van der Waals surface area contributed by atoms with E-state index in [2.05, 4.69) is 0 Å². The molecule has 0 aliphatic carbocycles. The second-order valence-corrected chi connectivity index (χ2v) is 2.98. The van der Waals surface area contributed by atoms with E-state index in [0.717, 1.165) is 0 Å². The molecule has 1 unspecified atom stereocenters. The summed E-state index contributed by atoms with van der Waals surface area (Å²) >= 11 is 0. The Morgan fingerprint density at radius 2 is 2.38 bits per heavy atom. The van der Waals surface area contributed by atoms with Crippen LogP contribution in [-0.4, -0.2) is 18.3 Å². The van der Waals surface area contributed by atoms with E-state index in [9.17, 15) is 4.79 Å². The summed E-state index contributed by atoms with van der Waals surface area (Å²) in [6.07, 6.45) is 1.71. The number of pyridine rings is 1. The molecule has 0 saturated heterocycles. The first-order valence-electron chi connectivity index (χ1n) is 4.12. The molecule has 0 aromatic carbocycles. The summed E-state index contributed by atoms with van der Waals surface area (Å²) in [5.41, 5.74) is 5.59. The summed E-state index contributed by atoms with van der Waals surface area (Å²) in [6.45, 7) is 2.41. The van der Waals surface area contributed by atoms with Gasteiger partial charge in [0.1, 0.15) is 0 Å². The van der Waals surface area contributed by atoms with Crippen LogP contribution in [-0.2, 0) is 4.74 Å². The Kier molecular flexibility index (Phi) is 3.08. The highest BCUT2D eigenvalue weighted by molar-refractivity contribution is 5.33. The average molecular weight is 182 g/mol. The Labute approximate surface area is 76.9 Å². The standard InChI is InChI=1S/C9H14N2O2/c1-7(6-13-2)11-5-3-4-8(10)9(11)12/h3-5,7H,6,10H2,1-2H3. The summed E-state index contributed by atoms with van der Waals surface area (Å²) in [4.78, 5) is 11.5. The van der Waals surface area contributed by atoms with Crippen LogP contribution in [0.25, 0.3) is 0 Å². The van der Waals surface area contributed by atoms with E-state index < -0.39 is 0 Å². The largest absolute Gasteiger partial charge is 0.394 e. The molecule has 0 saturated carbocycles. The molecule has 72 valence electrons. The fourth-order valence-electron chi connectivity index (χ4n) is 1.20. The van der Waals surface area contributed by atoms with Gasteiger partial charge in [0.2, 0.25) is 0 Å². The smallest absolute Gasteiger partial charge is 0.273 e. The Morgan fingerprint density at radius 3 is 3.00 bits per heavy atom. The molecular weight excluding hydrogens is 168 g/mol. The minimum Gasteiger partial charge on any atom is -0.394 e. The lowest BCUT2D eigenvalue weighted by atomic mass is 10.3. The van der Waals surface area contributed by atoms with Crippen LogP contribution in [0.3, 0.4) is 0 Å². The first-order chi connectivity index (χ1) is 6.16. The SMILES string of the molecule is COCC(C)n1cccc(N)c1=O. The third-order valence-corrected chi connectivity index (χ3v) is 1.89. The molecule has 0 spiro atoms. The molecule has 2 N–H and O–H groups in total. The van der Waals surface area contributed by atoms with Crippen molar-refractivity contribution in [3.8, 4) is 0 Å². The van der Waals surface area contributed by atoms with E-state index in [4.69, 9.17) is 10.5 Å². The predicted octanol–water partition coefficient (Wildman–Crippen LogP) is 0.638. The lowest BCUT2D eigenvalue weighted by Crippen LogP contribution is -2.26. The Bertz CT molecular complexity index is 333. The van der Waals surface area contributed by atoms with Crippen LogP contribution in [0.5, 0.6) is 0 Å². The first kappa shape index (κ1) is 9.80. The molecule has 0 amide bonds. The van der Waals surface area contributed by atoms with Crippen LogP contribution < -0.4 is 11.3 Å². The van der Waals surface area contributed by atoms with Gasteiger partial charge in [-0.05, 0) is 19.1 Å². The van der Waals surface area contributed by atoms with E-state index in [0.29, 0.717) is 6.61 Å². The Hall–Kier alpha value is -1.29. The van der Waals surface area contributed by atoms with Gasteiger partial charge in [0.25, 0.3) is 5.56 Å². The molecule has 0 bridgehead atoms. The lowest BCUT2D eigenvalue weighted by Gasteiger charge is -2.13. The second kappa shape index (κ2) is 4.09. The van der Waals surface area contributed by atoms with Crippen molar-refractivity contribution in [1.82, 2.24) is 4.57 Å². The van der Waals surface area contributed by atoms with Gasteiger partial charge in [0.15, 0.2) is 0 Å². The number of anilines is 1. The van der Waals surface area contributed by atoms with Crippen molar-refractivity contribution < 1.29 is 4.74 Å². The molecule has 4 heteroatoms. The maximum atomic E-state index is 11.5. The van der Waals surface area contributed by atoms with E-state index in [1.54, 1.807) is 30.0 Å². The molecule has 4 nitrogen and oxygen atoms in total. The number of hydrogen-bond acceptors (Lipinski definition) is 3. The van der Waals surface area contributed by atoms with Gasteiger partial charge >= 0.3 is 0 Å². The van der Waals surface area contributed by atoms with Crippen molar-refractivity contribution >= 4 is 5.69 Å². The number of nitrogens with two attached hydrogens (primary N) is 1. The van der Waals surface area contributed by atoms with Gasteiger partial charge in [-0.2, -0.15) is 0 Å². The Balaban J connectivity index is 3.01. The average Bonchev–Trinajstić information content (AvgIpc) is 2.10. The predicted molar refractivity (Wildman–Crippen MR) is 51.7 cm³/mol. The maximum absolute atomic E-state index is 11.5. The molecule has 1 aromatic heterocycles. The molecule has 0 aliphatic rings. The van der Waals surface area contributed by atoms with Gasteiger partial charge < -0.3 is 15.0 Å². The molecule has 1 atom stereocenters. The monoisotopic (exact) mass is 182 g/mol. The third-order valence-electron chi connectivity index (χ3n) is 1.89. The number of ether oxygens (including phenoxy) is 1. The van der Waals surface area contributed by atoms with Crippen LogP contribution in [0, 0.1) is 0 Å². The quantitative estimate of drug-likeness (QED) is 0.746. The molecule has 0 radical (unpaired) electrons. The van der Waals surface area contributed by atoms with Crippen molar-refractivity contribution in [3.05, 3.63) is 28.7 Å². The number of methoxy groups -OCH3 is 1. The topological polar surface area (TPSA) is 57.2 Å². The van der Waals surface area contributed by atoms with Crippen molar-refractivity contribution in [2.24, 2.45) is 0 Å². The number of rotatable bonds is 3. The first-order valence-corrected chi connectivity index (χ1v) is 4.12. The molecule has 0 aliphatic heterocycles. The van der Waals surface area contributed by atoms with E-state index in [1.165, 1.54) is 0 Å². The third kappa shape index (κ3) is 2.09. The van der Waals surface area contributed by atoms with Gasteiger partial charge in [-0.1, -0.05) is 0 Å². The summed E-state index contributed by atoms with van der Waals surface area (Å²) in [7, 11) is 1.60. The zero-order valence-corrected chi connectivity index (χ0v) is 7.86. The molecule has 1 aromatic rings. The van der Waals surface area contributed by atoms with Gasteiger partial charge in [-0.3, -0.25) is 4.79 Å². The maximum Gasteiger partial charge on any atom is 0.273 e. The van der Waals surface area contributed by atoms with E-state index >= 15 is 0 Å². The van der Waals surface area contributed by atoms with Gasteiger partial charge in [-0.25, -0.2) is 0 Å². The van der Waals surface area contributed by atoms with Crippen molar-refractivity contribution in [1.29, 1.82) is 0 Å². The number of aromatic nitrogens is 1. The van der Waals surface area contributed by atoms with Gasteiger partial charge in [-0.15, -0.1) is 0 Å². The summed E-state index contributed by atoms with van der Waals surface area (Å²) in [5.74, 6) is 0. The molecular formula is C9H14N2O2. The normalized spacial score (nSPS) is 12.8. The Morgan fingerprint density at radius 1 is 1.69 bits per heavy atom. The second-order valence-electron chi connectivity index (χ2n) is 2.98. The lowest BCUT2D eigenvalue weighted by molar-refractivity contribution is 0.161. The molecule has 1 heterocycles. The number of nitrogen functional groups attached to an aromatic ring is 1. The summed E-state index contributed by atoms with van der Waals surface area (Å²) in [6, 6.07) is 3.36. The van der Waals surface area contributed by atoms with Crippen molar-refractivity contribution in [2.75, 3.05) is 19.5 Å². The van der Waals surface area contributed by atoms with Crippen molar-refractivity contribution in [2.45, 2.75) is 13.0 Å². The highest BCUT2D eigenvalue weighted by atomic mass is 16.5. The van der Waals surface area contributed by atoms with Crippen LogP contribution in [0.15, 0.2) is 23.1 Å². The summed E-state index contributed by atoms with van der Waals surface area (Å²) in [5, 5.41) is 0. The van der Waals surface area contributed by atoms with Crippen LogP contribution >= 0.6 is 0 Å². The number of nitrogens with zero attached hydrogens (tertiary/aromatic N) is 1. The highest BCUT2D eigenvalue weighted by Gasteiger charge is 2.06. The van der Waals surface area contributed by atoms with E-state index in [-0.39, 0.29) is 17.3 Å². The van der Waals surface area contributed by atoms with Crippen LogP contribution in [0.1, 0.15) is 13.0 Å². The van der Waals surface area contributed by atoms with Crippen LogP contribution in [0.4, 0.5) is 5.69 Å². The van der Waals surface area contributed by atoms with Crippen LogP contribution in [0.2, 0.25) is 0 Å². The highest BCUT2D eigenvalue weighted by Crippen LogP contribution is 2.03. The molecule has 1 rings (SSSR count). The summed E-state index contributed by atoms with van der Waals surface area (Å²) < 4.78 is 6.52. The van der Waals surface area contributed by atoms with Gasteiger partial charge in [0.05, 0.1) is 18.3 Å². The number of hydrogen-bond donors (Lipinski definition) is 1. The zero-order valence-electron chi connectivity index (χ0n) is 7.86.